The molecule has 0 fully saturated rings. The first kappa shape index (κ1) is 11.5. The van der Waals surface area contributed by atoms with Gasteiger partial charge in [-0.2, -0.15) is 0 Å². The lowest BCUT2D eigenvalue weighted by molar-refractivity contribution is 0.442. The van der Waals surface area contributed by atoms with Gasteiger partial charge in [-0.1, -0.05) is 30.3 Å². The Kier molecular flexibility index (Phi) is 3.65. The second-order valence-corrected chi connectivity index (χ2v) is 3.71. The third-order valence-corrected chi connectivity index (χ3v) is 2.52. The Bertz CT molecular complexity index is 537. The largest absolute Gasteiger partial charge is 0.299 e. The molecule has 0 saturated heterocycles. The van der Waals surface area contributed by atoms with Crippen molar-refractivity contribution in [3.63, 3.8) is 0 Å². The number of hydrogen-bond acceptors (Lipinski definition) is 2. The minimum absolute atomic E-state index is 0.125. The van der Waals surface area contributed by atoms with Crippen LogP contribution in [0.2, 0.25) is 0 Å². The summed E-state index contributed by atoms with van der Waals surface area (Å²) in [6, 6.07) is 9.35. The van der Waals surface area contributed by atoms with Crippen LogP contribution in [0.4, 0.5) is 4.39 Å². The molecular formula is C13H13FN2O. The number of nitrogens with zero attached hydrogens (tertiary/aromatic N) is 2. The molecule has 0 unspecified atom stereocenters. The van der Waals surface area contributed by atoms with E-state index in [1.807, 2.05) is 30.3 Å². The fraction of sp³-hybridized carbons (Fsp3) is 0.231. The molecule has 0 radical (unpaired) electrons. The van der Waals surface area contributed by atoms with E-state index in [-0.39, 0.29) is 5.56 Å². The Hall–Kier alpha value is -1.97. The van der Waals surface area contributed by atoms with E-state index < -0.39 is 6.67 Å². The molecule has 88 valence electrons. The minimum atomic E-state index is -0.429. The summed E-state index contributed by atoms with van der Waals surface area (Å²) in [5, 5.41) is 0. The van der Waals surface area contributed by atoms with Crippen LogP contribution in [0.1, 0.15) is 6.42 Å². The molecule has 3 nitrogen and oxygen atoms in total. The van der Waals surface area contributed by atoms with Crippen molar-refractivity contribution in [2.75, 3.05) is 6.67 Å². The van der Waals surface area contributed by atoms with Crippen LogP contribution in [0.15, 0.2) is 47.7 Å². The molecule has 2 aromatic rings. The van der Waals surface area contributed by atoms with E-state index in [1.165, 1.54) is 10.9 Å². The van der Waals surface area contributed by atoms with Crippen LogP contribution < -0.4 is 5.56 Å². The summed E-state index contributed by atoms with van der Waals surface area (Å²) in [7, 11) is 0. The van der Waals surface area contributed by atoms with Crippen LogP contribution in [0.3, 0.4) is 0 Å². The predicted octanol–water partition coefficient (Wildman–Crippen LogP) is 2.27. The highest BCUT2D eigenvalue weighted by atomic mass is 19.1. The summed E-state index contributed by atoms with van der Waals surface area (Å²) in [5.41, 5.74) is 1.26. The Morgan fingerprint density at radius 2 is 2.00 bits per heavy atom. The first-order chi connectivity index (χ1) is 8.33. The summed E-state index contributed by atoms with van der Waals surface area (Å²) in [4.78, 5) is 16.1. The highest BCUT2D eigenvalue weighted by molar-refractivity contribution is 5.60. The van der Waals surface area contributed by atoms with Gasteiger partial charge in [0.2, 0.25) is 0 Å². The highest BCUT2D eigenvalue weighted by Gasteiger charge is 2.05. The molecule has 0 atom stereocenters. The van der Waals surface area contributed by atoms with Gasteiger partial charge in [0.05, 0.1) is 18.6 Å². The van der Waals surface area contributed by atoms with E-state index in [1.54, 1.807) is 6.20 Å². The molecule has 1 aromatic carbocycles. The number of rotatable bonds is 4. The van der Waals surface area contributed by atoms with E-state index in [4.69, 9.17) is 0 Å². The van der Waals surface area contributed by atoms with Crippen molar-refractivity contribution in [2.24, 2.45) is 0 Å². The second-order valence-electron chi connectivity index (χ2n) is 3.71. The van der Waals surface area contributed by atoms with Gasteiger partial charge in [-0.3, -0.25) is 13.8 Å². The third-order valence-electron chi connectivity index (χ3n) is 2.52. The fourth-order valence-electron chi connectivity index (χ4n) is 1.66. The molecule has 2 rings (SSSR count). The van der Waals surface area contributed by atoms with Crippen molar-refractivity contribution in [3.8, 4) is 11.1 Å². The molecule has 1 aromatic heterocycles. The van der Waals surface area contributed by atoms with Gasteiger partial charge < -0.3 is 0 Å². The van der Waals surface area contributed by atoms with Crippen LogP contribution in [-0.4, -0.2) is 16.2 Å². The van der Waals surface area contributed by atoms with Crippen molar-refractivity contribution in [3.05, 3.63) is 53.2 Å². The molecule has 0 saturated carbocycles. The van der Waals surface area contributed by atoms with E-state index in [0.717, 1.165) is 5.56 Å². The van der Waals surface area contributed by atoms with Crippen molar-refractivity contribution < 1.29 is 4.39 Å². The van der Waals surface area contributed by atoms with Crippen molar-refractivity contribution >= 4 is 0 Å². The van der Waals surface area contributed by atoms with E-state index in [9.17, 15) is 9.18 Å². The zero-order chi connectivity index (χ0) is 12.1. The van der Waals surface area contributed by atoms with Crippen LogP contribution >= 0.6 is 0 Å². The van der Waals surface area contributed by atoms with Gasteiger partial charge in [0.15, 0.2) is 0 Å². The van der Waals surface area contributed by atoms with Gasteiger partial charge >= 0.3 is 0 Å². The molecular weight excluding hydrogens is 219 g/mol. The lowest BCUT2D eigenvalue weighted by atomic mass is 10.1. The third kappa shape index (κ3) is 2.58. The Balaban J connectivity index is 2.40. The molecule has 1 heterocycles. The summed E-state index contributed by atoms with van der Waals surface area (Å²) in [5.74, 6) is 0. The van der Waals surface area contributed by atoms with Crippen molar-refractivity contribution in [2.45, 2.75) is 13.0 Å². The zero-order valence-corrected chi connectivity index (χ0v) is 9.34. The standard InChI is InChI=1S/C13H13FN2O/c14-7-4-8-16-10-15-9-12(13(16)17)11-5-2-1-3-6-11/h1-3,5-6,9-10H,4,7-8H2. The minimum Gasteiger partial charge on any atom is -0.299 e. The average Bonchev–Trinajstić information content (AvgIpc) is 2.39. The van der Waals surface area contributed by atoms with Crippen LogP contribution in [0, 0.1) is 0 Å². The average molecular weight is 232 g/mol. The number of aromatic nitrogens is 2. The van der Waals surface area contributed by atoms with E-state index in [2.05, 4.69) is 4.98 Å². The van der Waals surface area contributed by atoms with Crippen molar-refractivity contribution in [1.82, 2.24) is 9.55 Å². The summed E-state index contributed by atoms with van der Waals surface area (Å²) in [6.07, 6.45) is 3.33. The summed E-state index contributed by atoms with van der Waals surface area (Å²) >= 11 is 0. The van der Waals surface area contributed by atoms with E-state index in [0.29, 0.717) is 18.5 Å². The molecule has 0 aliphatic heterocycles. The molecule has 0 aliphatic rings. The topological polar surface area (TPSA) is 34.9 Å². The van der Waals surface area contributed by atoms with Gasteiger partial charge in [-0.15, -0.1) is 0 Å². The van der Waals surface area contributed by atoms with Crippen LogP contribution in [0.25, 0.3) is 11.1 Å². The Labute approximate surface area is 98.6 Å². The maximum atomic E-state index is 12.1. The molecule has 0 aliphatic carbocycles. The maximum Gasteiger partial charge on any atom is 0.261 e. The Morgan fingerprint density at radius 3 is 2.71 bits per heavy atom. The van der Waals surface area contributed by atoms with Gasteiger partial charge in [-0.25, -0.2) is 4.98 Å². The molecule has 17 heavy (non-hydrogen) atoms. The fourth-order valence-corrected chi connectivity index (χ4v) is 1.66. The SMILES string of the molecule is O=c1c(-c2ccccc2)cncn1CCCF. The monoisotopic (exact) mass is 232 g/mol. The highest BCUT2D eigenvalue weighted by Crippen LogP contribution is 2.12. The molecule has 0 bridgehead atoms. The summed E-state index contributed by atoms with van der Waals surface area (Å²) in [6.45, 7) is -0.0645. The van der Waals surface area contributed by atoms with Gasteiger partial charge in [0, 0.05) is 12.7 Å². The normalized spacial score (nSPS) is 10.4. The lowest BCUT2D eigenvalue weighted by Crippen LogP contribution is -2.22. The number of benzene rings is 1. The first-order valence-electron chi connectivity index (χ1n) is 5.49. The van der Waals surface area contributed by atoms with Gasteiger partial charge in [0.25, 0.3) is 5.56 Å². The molecule has 0 amide bonds. The molecule has 4 heteroatoms. The number of halogens is 1. The van der Waals surface area contributed by atoms with Crippen LogP contribution in [-0.2, 0) is 6.54 Å². The Morgan fingerprint density at radius 1 is 1.24 bits per heavy atom. The zero-order valence-electron chi connectivity index (χ0n) is 9.34. The number of aryl methyl sites for hydroxylation is 1. The molecule has 0 N–H and O–H groups in total. The first-order valence-corrected chi connectivity index (χ1v) is 5.49. The van der Waals surface area contributed by atoms with Gasteiger partial charge in [-0.05, 0) is 12.0 Å². The maximum absolute atomic E-state index is 12.1. The number of alkyl halides is 1. The molecule has 0 spiro atoms. The van der Waals surface area contributed by atoms with E-state index >= 15 is 0 Å². The lowest BCUT2D eigenvalue weighted by Gasteiger charge is -2.06. The van der Waals surface area contributed by atoms with Crippen LogP contribution in [0.5, 0.6) is 0 Å². The summed E-state index contributed by atoms with van der Waals surface area (Å²) < 4.78 is 13.5. The van der Waals surface area contributed by atoms with Gasteiger partial charge in [0.1, 0.15) is 0 Å². The second kappa shape index (κ2) is 5.39. The quantitative estimate of drug-likeness (QED) is 0.810. The smallest absolute Gasteiger partial charge is 0.261 e. The van der Waals surface area contributed by atoms with Crippen molar-refractivity contribution in [1.29, 1.82) is 0 Å². The number of hydrogen-bond donors (Lipinski definition) is 0. The predicted molar refractivity (Wildman–Crippen MR) is 64.5 cm³/mol.